The number of ether oxygens (including phenoxy) is 1. The molecule has 2 aromatic carbocycles. The van der Waals surface area contributed by atoms with Gasteiger partial charge in [0, 0.05) is 12.1 Å². The minimum atomic E-state index is -0.517. The Balaban J connectivity index is 1.78. The highest BCUT2D eigenvalue weighted by molar-refractivity contribution is 6.32. The third-order valence-electron chi connectivity index (χ3n) is 6.25. The summed E-state index contributed by atoms with van der Waals surface area (Å²) < 4.78 is 5.19. The van der Waals surface area contributed by atoms with Gasteiger partial charge in [-0.1, -0.05) is 81.3 Å². The standard InChI is InChI=1S/C27H38ClN3O2/c1-19(20(2)16-22-12-6-5-7-13-22)10-8-9-11-21(3)30-25(27(32)31-29)18-23-14-15-26(33-4)24(28)17-23/h5-7,12-15,17,19-20,25,30H,3,8-11,16,18,29H2,1-2,4H3,(H,31,32)/t19?,20?,25-/m1/s1. The van der Waals surface area contributed by atoms with Crippen LogP contribution in [0.2, 0.25) is 5.02 Å². The summed E-state index contributed by atoms with van der Waals surface area (Å²) >= 11 is 6.22. The molecule has 0 aliphatic heterocycles. The van der Waals surface area contributed by atoms with Crippen LogP contribution >= 0.6 is 11.6 Å². The first-order chi connectivity index (χ1) is 15.8. The van der Waals surface area contributed by atoms with Crippen LogP contribution in [0.1, 0.15) is 50.7 Å². The maximum absolute atomic E-state index is 12.3. The smallest absolute Gasteiger partial charge is 0.256 e. The van der Waals surface area contributed by atoms with Crippen molar-refractivity contribution < 1.29 is 9.53 Å². The van der Waals surface area contributed by atoms with Crippen molar-refractivity contribution in [1.29, 1.82) is 0 Å². The molecule has 2 aromatic rings. The summed E-state index contributed by atoms with van der Waals surface area (Å²) in [6.45, 7) is 8.80. The lowest BCUT2D eigenvalue weighted by molar-refractivity contribution is -0.123. The van der Waals surface area contributed by atoms with E-state index in [1.807, 2.05) is 6.07 Å². The molecule has 0 saturated heterocycles. The fourth-order valence-electron chi connectivity index (χ4n) is 3.98. The van der Waals surface area contributed by atoms with Gasteiger partial charge in [-0.2, -0.15) is 0 Å². The summed E-state index contributed by atoms with van der Waals surface area (Å²) in [5.41, 5.74) is 5.40. The van der Waals surface area contributed by atoms with Gasteiger partial charge in [0.1, 0.15) is 11.8 Å². The lowest BCUT2D eigenvalue weighted by Crippen LogP contribution is -2.47. The lowest BCUT2D eigenvalue weighted by atomic mass is 9.86. The Labute approximate surface area is 203 Å². The number of unbranched alkanes of at least 4 members (excludes halogenated alkanes) is 1. The van der Waals surface area contributed by atoms with Crippen LogP contribution in [-0.4, -0.2) is 19.1 Å². The third-order valence-corrected chi connectivity index (χ3v) is 6.55. The molecule has 0 aliphatic rings. The number of benzene rings is 2. The van der Waals surface area contributed by atoms with Gasteiger partial charge in [-0.05, 0) is 54.4 Å². The number of hydrazine groups is 1. The Kier molecular flexibility index (Phi) is 11.3. The number of rotatable bonds is 14. The van der Waals surface area contributed by atoms with E-state index in [4.69, 9.17) is 22.2 Å². The van der Waals surface area contributed by atoms with E-state index in [1.54, 1.807) is 19.2 Å². The molecule has 6 heteroatoms. The molecule has 0 radical (unpaired) electrons. The average molecular weight is 472 g/mol. The number of hydrogen-bond acceptors (Lipinski definition) is 4. The highest BCUT2D eigenvalue weighted by Gasteiger charge is 2.19. The van der Waals surface area contributed by atoms with Crippen LogP contribution in [0.3, 0.4) is 0 Å². The number of carbonyl (C=O) groups excluding carboxylic acids is 1. The second kappa shape index (κ2) is 13.9. The number of carbonyl (C=O) groups is 1. The van der Waals surface area contributed by atoms with Gasteiger partial charge < -0.3 is 10.1 Å². The molecule has 5 nitrogen and oxygen atoms in total. The summed E-state index contributed by atoms with van der Waals surface area (Å²) in [6.07, 6.45) is 5.71. The highest BCUT2D eigenvalue weighted by Crippen LogP contribution is 2.26. The van der Waals surface area contributed by atoms with Crippen LogP contribution in [0, 0.1) is 11.8 Å². The number of amides is 1. The fraction of sp³-hybridized carbons (Fsp3) is 0.444. The van der Waals surface area contributed by atoms with Crippen molar-refractivity contribution in [1.82, 2.24) is 10.7 Å². The molecule has 2 unspecified atom stereocenters. The largest absolute Gasteiger partial charge is 0.495 e. The number of allylic oxidation sites excluding steroid dienone is 1. The van der Waals surface area contributed by atoms with E-state index in [0.29, 0.717) is 29.0 Å². The molecule has 0 aromatic heterocycles. The molecular formula is C27H38ClN3O2. The molecule has 3 atom stereocenters. The van der Waals surface area contributed by atoms with Crippen LogP contribution in [0.15, 0.2) is 60.8 Å². The van der Waals surface area contributed by atoms with Crippen LogP contribution in [0.4, 0.5) is 0 Å². The van der Waals surface area contributed by atoms with Gasteiger partial charge in [-0.25, -0.2) is 5.84 Å². The van der Waals surface area contributed by atoms with Crippen molar-refractivity contribution >= 4 is 17.5 Å². The van der Waals surface area contributed by atoms with Crippen molar-refractivity contribution in [2.75, 3.05) is 7.11 Å². The first kappa shape index (κ1) is 26.7. The Morgan fingerprint density at radius 2 is 1.79 bits per heavy atom. The molecule has 2 rings (SSSR count). The molecule has 1 amide bonds. The van der Waals surface area contributed by atoms with Crippen molar-refractivity contribution in [2.45, 2.75) is 58.4 Å². The van der Waals surface area contributed by atoms with E-state index in [2.05, 4.69) is 61.5 Å². The Morgan fingerprint density at radius 1 is 1.06 bits per heavy atom. The summed E-state index contributed by atoms with van der Waals surface area (Å²) in [4.78, 5) is 12.3. The highest BCUT2D eigenvalue weighted by atomic mass is 35.5. The van der Waals surface area contributed by atoms with Gasteiger partial charge in [0.2, 0.25) is 0 Å². The quantitative estimate of drug-likeness (QED) is 0.149. The Hall–Kier alpha value is -2.50. The number of nitrogens with two attached hydrogens (primary N) is 1. The lowest BCUT2D eigenvalue weighted by Gasteiger charge is -2.21. The second-order valence-electron chi connectivity index (χ2n) is 8.87. The van der Waals surface area contributed by atoms with Crippen molar-refractivity contribution in [3.8, 4) is 5.75 Å². The van der Waals surface area contributed by atoms with Crippen LogP contribution < -0.4 is 21.3 Å². The van der Waals surface area contributed by atoms with Crippen molar-refractivity contribution in [3.63, 3.8) is 0 Å². The van der Waals surface area contributed by atoms with Gasteiger partial charge in [0.05, 0.1) is 12.1 Å². The average Bonchev–Trinajstić information content (AvgIpc) is 2.81. The molecule has 0 spiro atoms. The van der Waals surface area contributed by atoms with E-state index >= 15 is 0 Å². The number of nitrogens with one attached hydrogen (secondary N) is 2. The summed E-state index contributed by atoms with van der Waals surface area (Å²) in [5.74, 6) is 7.01. The van der Waals surface area contributed by atoms with E-state index in [-0.39, 0.29) is 5.91 Å². The van der Waals surface area contributed by atoms with Crippen molar-refractivity contribution in [2.24, 2.45) is 17.7 Å². The van der Waals surface area contributed by atoms with Gasteiger partial charge in [0.25, 0.3) is 5.91 Å². The predicted octanol–water partition coefficient (Wildman–Crippen LogP) is 5.43. The van der Waals surface area contributed by atoms with E-state index in [0.717, 1.165) is 36.9 Å². The third kappa shape index (κ3) is 9.10. The zero-order chi connectivity index (χ0) is 24.2. The number of hydrogen-bond donors (Lipinski definition) is 3. The fourth-order valence-corrected chi connectivity index (χ4v) is 4.26. The van der Waals surface area contributed by atoms with Crippen molar-refractivity contribution in [3.05, 3.63) is 77.0 Å². The Bertz CT molecular complexity index is 888. The van der Waals surface area contributed by atoms with E-state index < -0.39 is 6.04 Å². The Morgan fingerprint density at radius 3 is 2.42 bits per heavy atom. The van der Waals surface area contributed by atoms with Gasteiger partial charge in [-0.15, -0.1) is 0 Å². The molecule has 180 valence electrons. The van der Waals surface area contributed by atoms with E-state index in [9.17, 15) is 4.79 Å². The van der Waals surface area contributed by atoms with Crippen LogP contribution in [0.5, 0.6) is 5.75 Å². The molecule has 0 heterocycles. The first-order valence-corrected chi connectivity index (χ1v) is 12.0. The molecule has 0 bridgehead atoms. The zero-order valence-electron chi connectivity index (χ0n) is 20.1. The SMILES string of the molecule is C=C(CCCCC(C)C(C)Cc1ccccc1)N[C@H](Cc1ccc(OC)c(Cl)c1)C(=O)NN. The maximum Gasteiger partial charge on any atom is 0.256 e. The topological polar surface area (TPSA) is 76.4 Å². The summed E-state index contributed by atoms with van der Waals surface area (Å²) in [5, 5.41) is 3.76. The molecule has 0 saturated carbocycles. The molecule has 33 heavy (non-hydrogen) atoms. The molecule has 0 fully saturated rings. The molecule has 0 aliphatic carbocycles. The molecule has 4 N–H and O–H groups in total. The predicted molar refractivity (Wildman–Crippen MR) is 137 cm³/mol. The zero-order valence-corrected chi connectivity index (χ0v) is 20.8. The second-order valence-corrected chi connectivity index (χ2v) is 9.28. The molecular weight excluding hydrogens is 434 g/mol. The van der Waals surface area contributed by atoms with Gasteiger partial charge in [-0.3, -0.25) is 10.2 Å². The first-order valence-electron chi connectivity index (χ1n) is 11.6. The normalized spacial score (nSPS) is 13.6. The van der Waals surface area contributed by atoms with E-state index in [1.165, 1.54) is 12.0 Å². The summed E-state index contributed by atoms with van der Waals surface area (Å²) in [6, 6.07) is 15.6. The summed E-state index contributed by atoms with van der Waals surface area (Å²) in [7, 11) is 1.57. The van der Waals surface area contributed by atoms with Gasteiger partial charge in [0.15, 0.2) is 0 Å². The van der Waals surface area contributed by atoms with Crippen LogP contribution in [-0.2, 0) is 17.6 Å². The minimum absolute atomic E-state index is 0.286. The van der Waals surface area contributed by atoms with Crippen LogP contribution in [0.25, 0.3) is 0 Å². The van der Waals surface area contributed by atoms with Gasteiger partial charge >= 0.3 is 0 Å². The maximum atomic E-state index is 12.3. The number of halogens is 1. The number of methoxy groups -OCH3 is 1. The minimum Gasteiger partial charge on any atom is -0.495 e. The monoisotopic (exact) mass is 471 g/mol.